The van der Waals surface area contributed by atoms with Crippen molar-refractivity contribution in [1.29, 1.82) is 0 Å². The third kappa shape index (κ3) is 5.41. The summed E-state index contributed by atoms with van der Waals surface area (Å²) in [6, 6.07) is 13.8. The van der Waals surface area contributed by atoms with Crippen LogP contribution in [0.1, 0.15) is 25.8 Å². The molecule has 26 heavy (non-hydrogen) atoms. The van der Waals surface area contributed by atoms with E-state index >= 15 is 0 Å². The van der Waals surface area contributed by atoms with Crippen molar-refractivity contribution in [1.82, 2.24) is 0 Å². The molecule has 0 aliphatic carbocycles. The maximum absolute atomic E-state index is 12.2. The molecule has 0 saturated carbocycles. The Morgan fingerprint density at radius 2 is 1.77 bits per heavy atom. The van der Waals surface area contributed by atoms with Gasteiger partial charge in [-0.25, -0.2) is 0 Å². The van der Waals surface area contributed by atoms with Gasteiger partial charge in [0.1, 0.15) is 5.75 Å². The maximum Gasteiger partial charge on any atom is 0.226 e. The van der Waals surface area contributed by atoms with Crippen LogP contribution in [0.5, 0.6) is 5.75 Å². The van der Waals surface area contributed by atoms with Gasteiger partial charge in [-0.15, -0.1) is 0 Å². The molecule has 140 valence electrons. The Labute approximate surface area is 156 Å². The summed E-state index contributed by atoms with van der Waals surface area (Å²) in [4.78, 5) is 14.5. The SMILES string of the molecule is CCN(CC)c1ccc(NC(=O)CCNc2ccc(OC)cc2)c(C)c1. The second-order valence-corrected chi connectivity index (χ2v) is 6.12. The number of nitrogens with zero attached hydrogens (tertiary/aromatic N) is 1. The van der Waals surface area contributed by atoms with E-state index in [2.05, 4.69) is 41.5 Å². The van der Waals surface area contributed by atoms with Gasteiger partial charge in [0.2, 0.25) is 5.91 Å². The number of anilines is 3. The number of nitrogens with one attached hydrogen (secondary N) is 2. The summed E-state index contributed by atoms with van der Waals surface area (Å²) in [5.41, 5.74) is 4.10. The molecule has 0 spiro atoms. The highest BCUT2D eigenvalue weighted by molar-refractivity contribution is 5.92. The third-order valence-corrected chi connectivity index (χ3v) is 4.38. The van der Waals surface area contributed by atoms with Gasteiger partial charge < -0.3 is 20.3 Å². The van der Waals surface area contributed by atoms with Gasteiger partial charge in [-0.1, -0.05) is 0 Å². The smallest absolute Gasteiger partial charge is 0.226 e. The van der Waals surface area contributed by atoms with Crippen LogP contribution in [0.15, 0.2) is 42.5 Å². The molecule has 0 aromatic heterocycles. The van der Waals surface area contributed by atoms with Crippen LogP contribution in [0, 0.1) is 6.92 Å². The minimum Gasteiger partial charge on any atom is -0.497 e. The van der Waals surface area contributed by atoms with E-state index in [1.54, 1.807) is 7.11 Å². The van der Waals surface area contributed by atoms with Crippen LogP contribution in [0.3, 0.4) is 0 Å². The van der Waals surface area contributed by atoms with Crippen molar-refractivity contribution in [3.8, 4) is 5.75 Å². The Morgan fingerprint density at radius 3 is 2.35 bits per heavy atom. The Bertz CT molecular complexity index is 710. The van der Waals surface area contributed by atoms with Gasteiger partial charge in [0.05, 0.1) is 7.11 Å². The molecule has 0 saturated heterocycles. The number of carbonyl (C=O) groups excluding carboxylic acids is 1. The van der Waals surface area contributed by atoms with Crippen LogP contribution in [-0.4, -0.2) is 32.7 Å². The molecule has 0 radical (unpaired) electrons. The molecule has 2 aromatic carbocycles. The molecule has 0 aliphatic heterocycles. The van der Waals surface area contributed by atoms with Gasteiger partial charge >= 0.3 is 0 Å². The number of methoxy groups -OCH3 is 1. The molecule has 5 heteroatoms. The monoisotopic (exact) mass is 355 g/mol. The average molecular weight is 355 g/mol. The van der Waals surface area contributed by atoms with Crippen LogP contribution in [0.25, 0.3) is 0 Å². The van der Waals surface area contributed by atoms with E-state index in [0.29, 0.717) is 13.0 Å². The summed E-state index contributed by atoms with van der Waals surface area (Å²) in [5.74, 6) is 0.821. The molecule has 0 bridgehead atoms. The average Bonchev–Trinajstić information content (AvgIpc) is 2.65. The first-order valence-electron chi connectivity index (χ1n) is 9.10. The van der Waals surface area contributed by atoms with Crippen LogP contribution < -0.4 is 20.3 Å². The molecule has 0 fully saturated rings. The van der Waals surface area contributed by atoms with Crippen molar-refractivity contribution in [2.24, 2.45) is 0 Å². The topological polar surface area (TPSA) is 53.6 Å². The van der Waals surface area contributed by atoms with Crippen LogP contribution in [0.4, 0.5) is 17.1 Å². The van der Waals surface area contributed by atoms with E-state index < -0.39 is 0 Å². The Hall–Kier alpha value is -2.69. The summed E-state index contributed by atoms with van der Waals surface area (Å²) in [7, 11) is 1.64. The molecule has 2 N–H and O–H groups in total. The molecule has 2 rings (SSSR count). The second-order valence-electron chi connectivity index (χ2n) is 6.12. The molecule has 0 unspecified atom stereocenters. The number of hydrogen-bond acceptors (Lipinski definition) is 4. The van der Waals surface area contributed by atoms with Crippen molar-refractivity contribution in [3.63, 3.8) is 0 Å². The summed E-state index contributed by atoms with van der Waals surface area (Å²) in [6.07, 6.45) is 0.406. The van der Waals surface area contributed by atoms with E-state index in [1.807, 2.05) is 37.3 Å². The number of rotatable bonds is 9. The minimum absolute atomic E-state index is 0.00435. The number of carbonyl (C=O) groups is 1. The second kappa shape index (κ2) is 9.70. The lowest BCUT2D eigenvalue weighted by molar-refractivity contribution is -0.115. The van der Waals surface area contributed by atoms with Gasteiger partial charge in [0.15, 0.2) is 0 Å². The molecule has 2 aromatic rings. The standard InChI is InChI=1S/C21H29N3O2/c1-5-24(6-2)18-9-12-20(16(3)15-18)23-21(25)13-14-22-17-7-10-19(26-4)11-8-17/h7-12,15,22H,5-6,13-14H2,1-4H3,(H,23,25). The quantitative estimate of drug-likeness (QED) is 0.704. The Kier molecular flexibility index (Phi) is 7.33. The van der Waals surface area contributed by atoms with E-state index in [4.69, 9.17) is 4.74 Å². The highest BCUT2D eigenvalue weighted by Gasteiger charge is 2.08. The van der Waals surface area contributed by atoms with Gasteiger partial charge in [-0.2, -0.15) is 0 Å². The zero-order valence-electron chi connectivity index (χ0n) is 16.1. The highest BCUT2D eigenvalue weighted by Crippen LogP contribution is 2.23. The summed E-state index contributed by atoms with van der Waals surface area (Å²) < 4.78 is 5.13. The summed E-state index contributed by atoms with van der Waals surface area (Å²) in [6.45, 7) is 8.83. The molecular weight excluding hydrogens is 326 g/mol. The lowest BCUT2D eigenvalue weighted by atomic mass is 10.1. The van der Waals surface area contributed by atoms with E-state index in [1.165, 1.54) is 5.69 Å². The van der Waals surface area contributed by atoms with Gasteiger partial charge in [-0.05, 0) is 68.8 Å². The molecule has 1 amide bonds. The number of ether oxygens (including phenoxy) is 1. The largest absolute Gasteiger partial charge is 0.497 e. The number of aryl methyl sites for hydroxylation is 1. The zero-order valence-corrected chi connectivity index (χ0v) is 16.1. The van der Waals surface area contributed by atoms with Crippen LogP contribution in [0.2, 0.25) is 0 Å². The fourth-order valence-corrected chi connectivity index (χ4v) is 2.82. The lowest BCUT2D eigenvalue weighted by Gasteiger charge is -2.22. The Balaban J connectivity index is 1.85. The van der Waals surface area contributed by atoms with Crippen LogP contribution >= 0.6 is 0 Å². The lowest BCUT2D eigenvalue weighted by Crippen LogP contribution is -2.22. The van der Waals surface area contributed by atoms with E-state index in [0.717, 1.165) is 35.8 Å². The summed E-state index contributed by atoms with van der Waals surface area (Å²) in [5, 5.41) is 6.24. The first-order valence-corrected chi connectivity index (χ1v) is 9.10. The van der Waals surface area contributed by atoms with Gasteiger partial charge in [-0.3, -0.25) is 4.79 Å². The number of amides is 1. The van der Waals surface area contributed by atoms with E-state index in [9.17, 15) is 4.79 Å². The fourth-order valence-electron chi connectivity index (χ4n) is 2.82. The predicted molar refractivity (Wildman–Crippen MR) is 109 cm³/mol. The summed E-state index contributed by atoms with van der Waals surface area (Å²) >= 11 is 0. The van der Waals surface area contributed by atoms with Crippen molar-refractivity contribution in [2.75, 3.05) is 42.3 Å². The molecule has 0 heterocycles. The van der Waals surface area contributed by atoms with Crippen molar-refractivity contribution in [3.05, 3.63) is 48.0 Å². The third-order valence-electron chi connectivity index (χ3n) is 4.38. The van der Waals surface area contributed by atoms with E-state index in [-0.39, 0.29) is 5.91 Å². The molecule has 0 aliphatic rings. The van der Waals surface area contributed by atoms with Crippen molar-refractivity contribution >= 4 is 23.0 Å². The van der Waals surface area contributed by atoms with Crippen LogP contribution in [-0.2, 0) is 4.79 Å². The zero-order chi connectivity index (χ0) is 18.9. The maximum atomic E-state index is 12.2. The van der Waals surface area contributed by atoms with Gasteiger partial charge in [0, 0.05) is 43.1 Å². The molecule has 0 atom stereocenters. The van der Waals surface area contributed by atoms with Crippen molar-refractivity contribution in [2.45, 2.75) is 27.2 Å². The minimum atomic E-state index is 0.00435. The molecular formula is C21H29N3O2. The Morgan fingerprint density at radius 1 is 1.08 bits per heavy atom. The van der Waals surface area contributed by atoms with Crippen molar-refractivity contribution < 1.29 is 9.53 Å². The predicted octanol–water partition coefficient (Wildman–Crippen LogP) is 4.29. The normalized spacial score (nSPS) is 10.3. The fraction of sp³-hybridized carbons (Fsp3) is 0.381. The first kappa shape index (κ1) is 19.6. The highest BCUT2D eigenvalue weighted by atomic mass is 16.5. The molecule has 5 nitrogen and oxygen atoms in total. The number of benzene rings is 2. The first-order chi connectivity index (χ1) is 12.6. The number of hydrogen-bond donors (Lipinski definition) is 2. The van der Waals surface area contributed by atoms with Gasteiger partial charge in [0.25, 0.3) is 0 Å².